The third kappa shape index (κ3) is 1.49. The lowest BCUT2D eigenvalue weighted by atomic mass is 9.84. The number of halogens is 4. The summed E-state index contributed by atoms with van der Waals surface area (Å²) in [5.41, 5.74) is -0.659. The highest BCUT2D eigenvalue weighted by atomic mass is 19.3. The van der Waals surface area contributed by atoms with Gasteiger partial charge in [0.15, 0.2) is 0 Å². The molecule has 0 aliphatic heterocycles. The van der Waals surface area contributed by atoms with Crippen LogP contribution in [-0.4, -0.2) is 22.9 Å². The minimum absolute atomic E-state index is 0.157. The summed E-state index contributed by atoms with van der Waals surface area (Å²) in [6.45, 7) is 0.907. The van der Waals surface area contributed by atoms with Gasteiger partial charge in [0.2, 0.25) is 0 Å². The van der Waals surface area contributed by atoms with Crippen molar-refractivity contribution in [2.24, 2.45) is 5.92 Å². The van der Waals surface area contributed by atoms with Crippen LogP contribution in [0.25, 0.3) is 0 Å². The van der Waals surface area contributed by atoms with E-state index in [-0.39, 0.29) is 6.08 Å². The van der Waals surface area contributed by atoms with Crippen molar-refractivity contribution < 1.29 is 27.5 Å². The van der Waals surface area contributed by atoms with Crippen LogP contribution in [0.5, 0.6) is 0 Å². The lowest BCUT2D eigenvalue weighted by molar-refractivity contribution is -0.213. The van der Waals surface area contributed by atoms with Gasteiger partial charge in [0.1, 0.15) is 0 Å². The van der Waals surface area contributed by atoms with Crippen molar-refractivity contribution in [1.29, 1.82) is 0 Å². The molecule has 0 bridgehead atoms. The summed E-state index contributed by atoms with van der Waals surface area (Å²) < 4.78 is 51.2. The standard InChI is InChI=1S/C8H8F4O2/c1-4-2-5(6(13)14)3-7(9,10)8(4,11)12/h3-4H,2H2,1H3,(H,13,14). The fourth-order valence-electron chi connectivity index (χ4n) is 1.31. The van der Waals surface area contributed by atoms with Crippen molar-refractivity contribution in [3.8, 4) is 0 Å². The molecule has 80 valence electrons. The van der Waals surface area contributed by atoms with Crippen molar-refractivity contribution in [2.75, 3.05) is 0 Å². The maximum Gasteiger partial charge on any atom is 0.331 e. The summed E-state index contributed by atoms with van der Waals surface area (Å²) in [5, 5.41) is 8.41. The van der Waals surface area contributed by atoms with Gasteiger partial charge >= 0.3 is 17.8 Å². The molecule has 1 aliphatic rings. The summed E-state index contributed by atoms with van der Waals surface area (Å²) in [4.78, 5) is 10.4. The molecule has 0 saturated carbocycles. The fraction of sp³-hybridized carbons (Fsp3) is 0.625. The van der Waals surface area contributed by atoms with Gasteiger partial charge in [-0.2, -0.15) is 17.6 Å². The first-order valence-corrected chi connectivity index (χ1v) is 3.89. The molecule has 0 saturated heterocycles. The van der Waals surface area contributed by atoms with Crippen LogP contribution in [0.4, 0.5) is 17.6 Å². The van der Waals surface area contributed by atoms with Gasteiger partial charge in [-0.05, 0) is 6.42 Å². The van der Waals surface area contributed by atoms with Gasteiger partial charge in [-0.15, -0.1) is 0 Å². The predicted molar refractivity (Wildman–Crippen MR) is 39.4 cm³/mol. The monoisotopic (exact) mass is 212 g/mol. The second-order valence-electron chi connectivity index (χ2n) is 3.33. The number of carboxylic acids is 1. The van der Waals surface area contributed by atoms with E-state index in [1.54, 1.807) is 0 Å². The zero-order chi connectivity index (χ0) is 11.1. The summed E-state index contributed by atoms with van der Waals surface area (Å²) in [6.07, 6.45) is -0.701. The Bertz CT molecular complexity index is 296. The number of rotatable bonds is 1. The Morgan fingerprint density at radius 1 is 1.50 bits per heavy atom. The van der Waals surface area contributed by atoms with E-state index in [4.69, 9.17) is 5.11 Å². The molecule has 0 aromatic rings. The Kier molecular flexibility index (Phi) is 2.33. The van der Waals surface area contributed by atoms with Crippen molar-refractivity contribution in [2.45, 2.75) is 25.2 Å². The van der Waals surface area contributed by atoms with Crippen molar-refractivity contribution in [3.05, 3.63) is 11.6 Å². The van der Waals surface area contributed by atoms with Crippen molar-refractivity contribution >= 4 is 5.97 Å². The number of carbonyl (C=O) groups is 1. The molecule has 1 N–H and O–H groups in total. The average molecular weight is 212 g/mol. The van der Waals surface area contributed by atoms with E-state index in [0.29, 0.717) is 0 Å². The summed E-state index contributed by atoms with van der Waals surface area (Å²) >= 11 is 0. The van der Waals surface area contributed by atoms with E-state index in [2.05, 4.69) is 0 Å². The molecule has 1 rings (SSSR count). The number of hydrogen-bond acceptors (Lipinski definition) is 1. The van der Waals surface area contributed by atoms with Crippen LogP contribution >= 0.6 is 0 Å². The maximum absolute atomic E-state index is 12.8. The van der Waals surface area contributed by atoms with Crippen molar-refractivity contribution in [3.63, 3.8) is 0 Å². The van der Waals surface area contributed by atoms with Crippen LogP contribution in [0.2, 0.25) is 0 Å². The van der Waals surface area contributed by atoms with Crippen LogP contribution in [0, 0.1) is 5.92 Å². The minimum atomic E-state index is -4.38. The Labute approximate surface area is 77.2 Å². The molecule has 1 unspecified atom stereocenters. The number of alkyl halides is 4. The highest BCUT2D eigenvalue weighted by Gasteiger charge is 2.60. The maximum atomic E-state index is 12.8. The fourth-order valence-corrected chi connectivity index (χ4v) is 1.31. The van der Waals surface area contributed by atoms with E-state index in [1.807, 2.05) is 0 Å². The highest BCUT2D eigenvalue weighted by molar-refractivity contribution is 5.87. The lowest BCUT2D eigenvalue weighted by Gasteiger charge is -2.33. The summed E-state index contributed by atoms with van der Waals surface area (Å²) in [6, 6.07) is 0. The normalized spacial score (nSPS) is 29.5. The van der Waals surface area contributed by atoms with Gasteiger partial charge in [0, 0.05) is 17.6 Å². The first kappa shape index (κ1) is 11.0. The zero-order valence-corrected chi connectivity index (χ0v) is 7.23. The summed E-state index contributed by atoms with van der Waals surface area (Å²) in [7, 11) is 0. The topological polar surface area (TPSA) is 37.3 Å². The molecule has 1 atom stereocenters. The Hall–Kier alpha value is -1.07. The van der Waals surface area contributed by atoms with Gasteiger partial charge in [-0.25, -0.2) is 4.79 Å². The molecule has 6 heteroatoms. The largest absolute Gasteiger partial charge is 0.478 e. The number of allylic oxidation sites excluding steroid dienone is 1. The quantitative estimate of drug-likeness (QED) is 0.677. The van der Waals surface area contributed by atoms with Gasteiger partial charge in [0.25, 0.3) is 0 Å². The first-order chi connectivity index (χ1) is 6.18. The van der Waals surface area contributed by atoms with Crippen LogP contribution in [0.3, 0.4) is 0 Å². The molecule has 0 spiro atoms. The SMILES string of the molecule is CC1CC(C(=O)O)=CC(F)(F)C1(F)F. The van der Waals surface area contributed by atoms with Crippen molar-refractivity contribution in [1.82, 2.24) is 0 Å². The third-order valence-electron chi connectivity index (χ3n) is 2.22. The number of hydrogen-bond donors (Lipinski definition) is 1. The number of carboxylic acid groups (broad SMARTS) is 1. The van der Waals surface area contributed by atoms with Crippen LogP contribution in [0.1, 0.15) is 13.3 Å². The smallest absolute Gasteiger partial charge is 0.331 e. The zero-order valence-electron chi connectivity index (χ0n) is 7.23. The lowest BCUT2D eigenvalue weighted by Crippen LogP contribution is -2.47. The molecular weight excluding hydrogens is 204 g/mol. The van der Waals surface area contributed by atoms with E-state index in [0.717, 1.165) is 6.92 Å². The highest BCUT2D eigenvalue weighted by Crippen LogP contribution is 2.47. The molecule has 0 heterocycles. The summed E-state index contributed by atoms with van der Waals surface area (Å²) in [5.74, 6) is -11.8. The molecule has 0 aromatic heterocycles. The Morgan fingerprint density at radius 3 is 2.36 bits per heavy atom. The van der Waals surface area contributed by atoms with Crippen LogP contribution in [0.15, 0.2) is 11.6 Å². The number of aliphatic carboxylic acids is 1. The average Bonchev–Trinajstić information content (AvgIpc) is 1.99. The molecule has 1 aliphatic carbocycles. The van der Waals surface area contributed by atoms with E-state index in [9.17, 15) is 22.4 Å². The van der Waals surface area contributed by atoms with Gasteiger partial charge in [0.05, 0.1) is 0 Å². The molecular formula is C8H8F4O2. The van der Waals surface area contributed by atoms with Gasteiger partial charge in [-0.3, -0.25) is 0 Å². The van der Waals surface area contributed by atoms with E-state index in [1.165, 1.54) is 0 Å². The van der Waals surface area contributed by atoms with E-state index < -0.39 is 35.7 Å². The van der Waals surface area contributed by atoms with Gasteiger partial charge in [-0.1, -0.05) is 6.92 Å². The Morgan fingerprint density at radius 2 is 2.00 bits per heavy atom. The molecule has 0 fully saturated rings. The van der Waals surface area contributed by atoms with E-state index >= 15 is 0 Å². The predicted octanol–water partition coefficient (Wildman–Crippen LogP) is 2.31. The Balaban J connectivity index is 3.14. The minimum Gasteiger partial charge on any atom is -0.478 e. The molecule has 14 heavy (non-hydrogen) atoms. The molecule has 2 nitrogen and oxygen atoms in total. The van der Waals surface area contributed by atoms with Crippen LogP contribution in [-0.2, 0) is 4.79 Å². The molecule has 0 radical (unpaired) electrons. The van der Waals surface area contributed by atoms with Crippen LogP contribution < -0.4 is 0 Å². The third-order valence-corrected chi connectivity index (χ3v) is 2.22. The second kappa shape index (κ2) is 2.96. The first-order valence-electron chi connectivity index (χ1n) is 3.89. The van der Waals surface area contributed by atoms with Gasteiger partial charge < -0.3 is 5.11 Å². The molecule has 0 amide bonds. The molecule has 0 aromatic carbocycles. The second-order valence-corrected chi connectivity index (χ2v) is 3.33.